The van der Waals surface area contributed by atoms with Crippen molar-refractivity contribution >= 4 is 17.2 Å². The predicted molar refractivity (Wildman–Crippen MR) is 91.4 cm³/mol. The monoisotopic (exact) mass is 315 g/mol. The minimum absolute atomic E-state index is 0.0267. The Morgan fingerprint density at radius 2 is 2.32 bits per heavy atom. The summed E-state index contributed by atoms with van der Waals surface area (Å²) in [6.07, 6.45) is 8.90. The number of hydrogen-bond donors (Lipinski definition) is 1. The van der Waals surface area contributed by atoms with Crippen molar-refractivity contribution in [3.8, 4) is 5.75 Å². The van der Waals surface area contributed by atoms with Gasteiger partial charge in [0.25, 0.3) is 0 Å². The molecule has 116 valence electrons. The van der Waals surface area contributed by atoms with Gasteiger partial charge in [-0.25, -0.2) is 4.98 Å². The molecule has 0 amide bonds. The van der Waals surface area contributed by atoms with Crippen LogP contribution >= 0.6 is 12.2 Å². The molecule has 1 aromatic carbocycles. The molecule has 0 bridgehead atoms. The summed E-state index contributed by atoms with van der Waals surface area (Å²) in [7, 11) is 1.70. The topological polar surface area (TPSA) is 39.1 Å². The molecule has 5 heteroatoms. The first-order valence-electron chi connectivity index (χ1n) is 7.63. The van der Waals surface area contributed by atoms with E-state index < -0.39 is 0 Å². The second-order valence-electron chi connectivity index (χ2n) is 5.72. The summed E-state index contributed by atoms with van der Waals surface area (Å²) in [5, 5.41) is 3.44. The van der Waals surface area contributed by atoms with E-state index >= 15 is 0 Å². The van der Waals surface area contributed by atoms with Crippen molar-refractivity contribution in [2.45, 2.75) is 31.2 Å². The fourth-order valence-corrected chi connectivity index (χ4v) is 3.17. The zero-order chi connectivity index (χ0) is 15.4. The van der Waals surface area contributed by atoms with Crippen LogP contribution in [0.25, 0.3) is 0 Å². The van der Waals surface area contributed by atoms with Crippen molar-refractivity contribution in [2.75, 3.05) is 13.7 Å². The quantitative estimate of drug-likeness (QED) is 0.630. The molecule has 2 aromatic rings. The molecule has 1 aromatic heterocycles. The summed E-state index contributed by atoms with van der Waals surface area (Å²) >= 11 is 5.66. The van der Waals surface area contributed by atoms with Crippen molar-refractivity contribution in [1.29, 1.82) is 0 Å². The van der Waals surface area contributed by atoms with Crippen molar-refractivity contribution in [2.24, 2.45) is 0 Å². The second-order valence-corrected chi connectivity index (χ2v) is 6.13. The number of ether oxygens (including phenoxy) is 1. The Labute approximate surface area is 136 Å². The molecule has 0 spiro atoms. The molecular formula is C17H21N3OS. The standard InChI is InChI=1S/C17H21N3OS/c1-21-15-5-2-4-14(12-15)17(6-7-17)16(22)19-8-3-10-20-11-9-18-13-20/h2,4-5,9,11-13H,3,6-8,10H2,1H3,(H,19,22). The predicted octanol–water partition coefficient (Wildman–Crippen LogP) is 2.93. The Balaban J connectivity index is 1.54. The lowest BCUT2D eigenvalue weighted by Crippen LogP contribution is -2.34. The van der Waals surface area contributed by atoms with Gasteiger partial charge < -0.3 is 14.6 Å². The molecule has 1 aliphatic carbocycles. The van der Waals surface area contributed by atoms with Crippen molar-refractivity contribution < 1.29 is 4.74 Å². The molecule has 3 rings (SSSR count). The molecule has 1 saturated carbocycles. The Hall–Kier alpha value is -1.88. The van der Waals surface area contributed by atoms with E-state index in [2.05, 4.69) is 27.0 Å². The van der Waals surface area contributed by atoms with Gasteiger partial charge in [-0.2, -0.15) is 0 Å². The summed E-state index contributed by atoms with van der Waals surface area (Å²) < 4.78 is 7.41. The fourth-order valence-electron chi connectivity index (χ4n) is 2.74. The van der Waals surface area contributed by atoms with Gasteiger partial charge in [0.2, 0.25) is 0 Å². The third-order valence-electron chi connectivity index (χ3n) is 4.24. The number of aryl methyl sites for hydroxylation is 1. The Morgan fingerprint density at radius 1 is 1.45 bits per heavy atom. The van der Waals surface area contributed by atoms with Gasteiger partial charge in [-0.1, -0.05) is 24.4 Å². The van der Waals surface area contributed by atoms with Crippen LogP contribution in [0.2, 0.25) is 0 Å². The van der Waals surface area contributed by atoms with Gasteiger partial charge >= 0.3 is 0 Å². The Bertz CT molecular complexity index is 635. The smallest absolute Gasteiger partial charge is 0.119 e. The number of imidazole rings is 1. The molecule has 1 aliphatic rings. The minimum atomic E-state index is 0.0267. The maximum atomic E-state index is 5.66. The zero-order valence-corrected chi connectivity index (χ0v) is 13.6. The number of benzene rings is 1. The summed E-state index contributed by atoms with van der Waals surface area (Å²) in [6, 6.07) is 8.26. The van der Waals surface area contributed by atoms with E-state index in [1.807, 2.05) is 24.7 Å². The molecule has 0 radical (unpaired) electrons. The van der Waals surface area contributed by atoms with E-state index in [0.717, 1.165) is 43.1 Å². The maximum absolute atomic E-state index is 5.66. The first-order chi connectivity index (χ1) is 10.7. The number of methoxy groups -OCH3 is 1. The van der Waals surface area contributed by atoms with E-state index in [9.17, 15) is 0 Å². The number of nitrogens with zero attached hydrogens (tertiary/aromatic N) is 2. The molecule has 4 nitrogen and oxygen atoms in total. The number of rotatable bonds is 7. The molecule has 0 unspecified atom stereocenters. The summed E-state index contributed by atoms with van der Waals surface area (Å²) in [6.45, 7) is 1.85. The number of thiocarbonyl (C=S) groups is 1. The van der Waals surface area contributed by atoms with Crippen LogP contribution in [0.1, 0.15) is 24.8 Å². The van der Waals surface area contributed by atoms with Crippen LogP contribution < -0.4 is 10.1 Å². The second kappa shape index (κ2) is 6.48. The van der Waals surface area contributed by atoms with E-state index in [1.54, 1.807) is 13.3 Å². The minimum Gasteiger partial charge on any atom is -0.497 e. The van der Waals surface area contributed by atoms with Gasteiger partial charge in [-0.05, 0) is 37.0 Å². The average Bonchev–Trinajstić information content (AvgIpc) is 3.21. The van der Waals surface area contributed by atoms with Gasteiger partial charge in [0.05, 0.1) is 18.4 Å². The van der Waals surface area contributed by atoms with Crippen molar-refractivity contribution in [3.05, 3.63) is 48.5 Å². The molecule has 0 aliphatic heterocycles. The van der Waals surface area contributed by atoms with Crippen LogP contribution in [0.3, 0.4) is 0 Å². The van der Waals surface area contributed by atoms with Gasteiger partial charge in [0, 0.05) is 30.9 Å². The third-order valence-corrected chi connectivity index (χ3v) is 4.78. The van der Waals surface area contributed by atoms with E-state index in [4.69, 9.17) is 17.0 Å². The Kier molecular flexibility index (Phi) is 4.43. The van der Waals surface area contributed by atoms with Crippen molar-refractivity contribution in [3.63, 3.8) is 0 Å². The van der Waals surface area contributed by atoms with E-state index in [0.29, 0.717) is 0 Å². The largest absolute Gasteiger partial charge is 0.497 e. The molecule has 1 fully saturated rings. The number of nitrogens with one attached hydrogen (secondary N) is 1. The molecule has 1 heterocycles. The average molecular weight is 315 g/mol. The van der Waals surface area contributed by atoms with Gasteiger partial charge in [-0.3, -0.25) is 0 Å². The lowest BCUT2D eigenvalue weighted by Gasteiger charge is -2.19. The number of hydrogen-bond acceptors (Lipinski definition) is 3. The lowest BCUT2D eigenvalue weighted by atomic mass is 9.95. The summed E-state index contributed by atoms with van der Waals surface area (Å²) in [4.78, 5) is 5.01. The molecular weight excluding hydrogens is 294 g/mol. The van der Waals surface area contributed by atoms with Crippen LogP contribution in [-0.2, 0) is 12.0 Å². The summed E-state index contributed by atoms with van der Waals surface area (Å²) in [5.74, 6) is 0.895. The van der Waals surface area contributed by atoms with Crippen LogP contribution in [0.5, 0.6) is 5.75 Å². The zero-order valence-electron chi connectivity index (χ0n) is 12.8. The molecule has 0 saturated heterocycles. The maximum Gasteiger partial charge on any atom is 0.119 e. The highest BCUT2D eigenvalue weighted by atomic mass is 32.1. The van der Waals surface area contributed by atoms with Crippen molar-refractivity contribution in [1.82, 2.24) is 14.9 Å². The molecule has 1 N–H and O–H groups in total. The highest BCUT2D eigenvalue weighted by Gasteiger charge is 2.48. The summed E-state index contributed by atoms with van der Waals surface area (Å²) in [5.41, 5.74) is 1.29. The van der Waals surface area contributed by atoms with Crippen LogP contribution in [0, 0.1) is 0 Å². The normalized spacial score (nSPS) is 15.3. The Morgan fingerprint density at radius 3 is 3.00 bits per heavy atom. The first-order valence-corrected chi connectivity index (χ1v) is 8.04. The highest BCUT2D eigenvalue weighted by Crippen LogP contribution is 2.49. The highest BCUT2D eigenvalue weighted by molar-refractivity contribution is 7.80. The molecule has 22 heavy (non-hydrogen) atoms. The van der Waals surface area contributed by atoms with Gasteiger partial charge in [0.1, 0.15) is 5.75 Å². The number of aromatic nitrogens is 2. The first kappa shape index (κ1) is 15.0. The fraction of sp³-hybridized carbons (Fsp3) is 0.412. The molecule has 0 atom stereocenters. The van der Waals surface area contributed by atoms with Crippen LogP contribution in [0.15, 0.2) is 43.0 Å². The van der Waals surface area contributed by atoms with E-state index in [1.165, 1.54) is 5.56 Å². The van der Waals surface area contributed by atoms with E-state index in [-0.39, 0.29) is 5.41 Å². The lowest BCUT2D eigenvalue weighted by molar-refractivity contribution is 0.414. The van der Waals surface area contributed by atoms with Crippen LogP contribution in [-0.4, -0.2) is 28.2 Å². The SMILES string of the molecule is COc1cccc(C2(C(=S)NCCCn3ccnc3)CC2)c1. The van der Waals surface area contributed by atoms with Gasteiger partial charge in [-0.15, -0.1) is 0 Å². The van der Waals surface area contributed by atoms with Crippen LogP contribution in [0.4, 0.5) is 0 Å². The van der Waals surface area contributed by atoms with Gasteiger partial charge in [0.15, 0.2) is 0 Å². The third kappa shape index (κ3) is 3.14.